The van der Waals surface area contributed by atoms with E-state index in [2.05, 4.69) is 11.8 Å². The number of carbonyl (C=O) groups is 1. The Hall–Kier alpha value is -2.83. The van der Waals surface area contributed by atoms with Crippen molar-refractivity contribution in [1.82, 2.24) is 4.90 Å². The van der Waals surface area contributed by atoms with Crippen molar-refractivity contribution in [3.05, 3.63) is 83.9 Å². The lowest BCUT2D eigenvalue weighted by Gasteiger charge is -2.34. The summed E-state index contributed by atoms with van der Waals surface area (Å²) in [5.74, 6) is 5.52. The zero-order valence-electron chi connectivity index (χ0n) is 12.8. The van der Waals surface area contributed by atoms with E-state index in [9.17, 15) is 9.90 Å². The first-order valence-corrected chi connectivity index (χ1v) is 7.48. The van der Waals surface area contributed by atoms with Crippen molar-refractivity contribution in [3.63, 3.8) is 0 Å². The molecule has 1 aliphatic heterocycles. The molecule has 3 rings (SSSR count). The molecule has 2 aromatic rings. The van der Waals surface area contributed by atoms with Gasteiger partial charge in [0, 0.05) is 11.6 Å². The van der Waals surface area contributed by atoms with Crippen LogP contribution < -0.4 is 0 Å². The number of rotatable bonds is 2. The molecule has 0 aliphatic carbocycles. The van der Waals surface area contributed by atoms with Gasteiger partial charge in [-0.25, -0.2) is 0 Å². The van der Waals surface area contributed by atoms with Crippen molar-refractivity contribution in [2.24, 2.45) is 0 Å². The fourth-order valence-corrected chi connectivity index (χ4v) is 2.67. The minimum atomic E-state index is -1.60. The number of nitrogens with zero attached hydrogens (tertiary/aromatic N) is 1. The van der Waals surface area contributed by atoms with E-state index in [4.69, 9.17) is 0 Å². The van der Waals surface area contributed by atoms with E-state index in [0.717, 1.165) is 11.1 Å². The summed E-state index contributed by atoms with van der Waals surface area (Å²) in [5.41, 5.74) is 0.146. The van der Waals surface area contributed by atoms with E-state index in [1.54, 1.807) is 0 Å². The van der Waals surface area contributed by atoms with E-state index in [1.807, 2.05) is 67.6 Å². The molecule has 3 nitrogen and oxygen atoms in total. The topological polar surface area (TPSA) is 40.5 Å². The Balaban J connectivity index is 1.93. The maximum atomic E-state index is 12.2. The normalized spacial score (nSPS) is 21.0. The van der Waals surface area contributed by atoms with Crippen LogP contribution in [0.5, 0.6) is 0 Å². The second kappa shape index (κ2) is 6.12. The largest absolute Gasteiger partial charge is 0.357 e. The zero-order chi connectivity index (χ0) is 16.3. The van der Waals surface area contributed by atoms with Crippen molar-refractivity contribution >= 4 is 5.91 Å². The molecule has 0 saturated carbocycles. The van der Waals surface area contributed by atoms with Gasteiger partial charge in [0.15, 0.2) is 0 Å². The van der Waals surface area contributed by atoms with Crippen LogP contribution in [-0.2, 0) is 4.79 Å². The molecule has 0 saturated heterocycles. The minimum absolute atomic E-state index is 0.244. The monoisotopic (exact) mass is 303 g/mol. The van der Waals surface area contributed by atoms with Gasteiger partial charge in [0.1, 0.15) is 0 Å². The zero-order valence-corrected chi connectivity index (χ0v) is 12.8. The van der Waals surface area contributed by atoms with E-state index < -0.39 is 5.72 Å². The third-order valence-corrected chi connectivity index (χ3v) is 3.90. The predicted octanol–water partition coefficient (Wildman–Crippen LogP) is 2.89. The third-order valence-electron chi connectivity index (χ3n) is 3.90. The molecule has 0 radical (unpaired) electrons. The van der Waals surface area contributed by atoms with Crippen LogP contribution in [0.2, 0.25) is 0 Å². The van der Waals surface area contributed by atoms with Crippen LogP contribution in [0.25, 0.3) is 0 Å². The van der Waals surface area contributed by atoms with Gasteiger partial charge in [0.2, 0.25) is 11.6 Å². The summed E-state index contributed by atoms with van der Waals surface area (Å²) >= 11 is 0. The Kier molecular flexibility index (Phi) is 4.01. The molecular formula is C20H17NO2. The molecule has 0 fully saturated rings. The summed E-state index contributed by atoms with van der Waals surface area (Å²) in [7, 11) is 0. The highest BCUT2D eigenvalue weighted by atomic mass is 16.3. The lowest BCUT2D eigenvalue weighted by molar-refractivity contribution is -0.139. The van der Waals surface area contributed by atoms with Crippen LogP contribution in [0, 0.1) is 11.8 Å². The van der Waals surface area contributed by atoms with Crippen molar-refractivity contribution in [1.29, 1.82) is 0 Å². The van der Waals surface area contributed by atoms with Gasteiger partial charge in [-0.1, -0.05) is 54.5 Å². The van der Waals surface area contributed by atoms with Crippen LogP contribution in [0.3, 0.4) is 0 Å². The lowest BCUT2D eigenvalue weighted by Crippen LogP contribution is -2.46. The molecular weight excluding hydrogens is 286 g/mol. The second-order valence-electron chi connectivity index (χ2n) is 5.47. The van der Waals surface area contributed by atoms with Crippen LogP contribution in [0.4, 0.5) is 0 Å². The second-order valence-corrected chi connectivity index (χ2v) is 5.47. The number of carbonyl (C=O) groups excluding carboxylic acids is 1. The van der Waals surface area contributed by atoms with Crippen LogP contribution in [0.1, 0.15) is 24.1 Å². The fraction of sp³-hybridized carbons (Fsp3) is 0.150. The standard InChI is InChI=1S/C20H17NO2/c1-16(18-10-6-3-7-11-18)21-19(22)13-15-20(21,23)14-12-17-8-4-2-5-9-17/h2-11,13,15-16,23H,1H3/t16-,20?/m0/s1. The SMILES string of the molecule is C[C@@H](c1ccccc1)N1C(=O)C=CC1(O)C#Cc1ccccc1. The average Bonchev–Trinajstić information content (AvgIpc) is 2.89. The predicted molar refractivity (Wildman–Crippen MR) is 89.1 cm³/mol. The van der Waals surface area contributed by atoms with Gasteiger partial charge >= 0.3 is 0 Å². The van der Waals surface area contributed by atoms with Crippen LogP contribution >= 0.6 is 0 Å². The molecule has 2 atom stereocenters. The first kappa shape index (κ1) is 15.1. The summed E-state index contributed by atoms with van der Waals surface area (Å²) in [4.78, 5) is 13.6. The van der Waals surface area contributed by atoms with E-state index in [-0.39, 0.29) is 11.9 Å². The maximum Gasteiger partial charge on any atom is 0.250 e. The van der Waals surface area contributed by atoms with Crippen molar-refractivity contribution < 1.29 is 9.90 Å². The van der Waals surface area contributed by atoms with Crippen molar-refractivity contribution in [2.75, 3.05) is 0 Å². The van der Waals surface area contributed by atoms with Crippen LogP contribution in [-0.4, -0.2) is 21.6 Å². The molecule has 1 amide bonds. The average molecular weight is 303 g/mol. The molecule has 1 unspecified atom stereocenters. The van der Waals surface area contributed by atoms with Gasteiger partial charge in [-0.15, -0.1) is 0 Å². The molecule has 0 aromatic heterocycles. The van der Waals surface area contributed by atoms with Crippen molar-refractivity contribution in [3.8, 4) is 11.8 Å². The highest BCUT2D eigenvalue weighted by Gasteiger charge is 2.41. The lowest BCUT2D eigenvalue weighted by atomic mass is 10.0. The molecule has 1 N–H and O–H groups in total. The molecule has 0 bridgehead atoms. The Bertz CT molecular complexity index is 787. The van der Waals surface area contributed by atoms with E-state index in [0.29, 0.717) is 0 Å². The molecule has 0 spiro atoms. The number of amides is 1. The van der Waals surface area contributed by atoms with Crippen molar-refractivity contribution in [2.45, 2.75) is 18.7 Å². The summed E-state index contributed by atoms with van der Waals surface area (Å²) in [6.45, 7) is 1.88. The van der Waals surface area contributed by atoms with Crippen LogP contribution in [0.15, 0.2) is 72.8 Å². The highest BCUT2D eigenvalue weighted by Crippen LogP contribution is 2.31. The molecule has 23 heavy (non-hydrogen) atoms. The minimum Gasteiger partial charge on any atom is -0.357 e. The van der Waals surface area contributed by atoms with Gasteiger partial charge in [0.05, 0.1) is 6.04 Å². The smallest absolute Gasteiger partial charge is 0.250 e. The molecule has 1 heterocycles. The molecule has 3 heteroatoms. The number of hydrogen-bond acceptors (Lipinski definition) is 2. The number of hydrogen-bond donors (Lipinski definition) is 1. The van der Waals surface area contributed by atoms with Gasteiger partial charge in [0.25, 0.3) is 0 Å². The Morgan fingerprint density at radius 3 is 2.30 bits per heavy atom. The molecule has 2 aromatic carbocycles. The number of benzene rings is 2. The maximum absolute atomic E-state index is 12.2. The number of aliphatic hydroxyl groups is 1. The Morgan fingerprint density at radius 1 is 1.04 bits per heavy atom. The van der Waals surface area contributed by atoms with Gasteiger partial charge in [-0.2, -0.15) is 0 Å². The highest BCUT2D eigenvalue weighted by molar-refractivity contribution is 5.92. The summed E-state index contributed by atoms with van der Waals surface area (Å²) in [6, 6.07) is 18.7. The fourth-order valence-electron chi connectivity index (χ4n) is 2.67. The first-order chi connectivity index (χ1) is 11.1. The third kappa shape index (κ3) is 3.03. The Labute approximate surface area is 135 Å². The molecule has 114 valence electrons. The summed E-state index contributed by atoms with van der Waals surface area (Å²) < 4.78 is 0. The first-order valence-electron chi connectivity index (χ1n) is 7.48. The van der Waals surface area contributed by atoms with Gasteiger partial charge in [-0.05, 0) is 36.6 Å². The van der Waals surface area contributed by atoms with E-state index >= 15 is 0 Å². The van der Waals surface area contributed by atoms with Gasteiger partial charge < -0.3 is 5.11 Å². The summed E-state index contributed by atoms with van der Waals surface area (Å²) in [5, 5.41) is 10.9. The molecule has 1 aliphatic rings. The quantitative estimate of drug-likeness (QED) is 0.867. The van der Waals surface area contributed by atoms with E-state index in [1.165, 1.54) is 17.1 Å². The Morgan fingerprint density at radius 2 is 1.65 bits per heavy atom. The summed E-state index contributed by atoms with van der Waals surface area (Å²) in [6.07, 6.45) is 2.82. The van der Waals surface area contributed by atoms with Gasteiger partial charge in [-0.3, -0.25) is 9.69 Å².